The molecule has 5 nitrogen and oxygen atoms in total. The number of carbonyl (C=O) groups excluding carboxylic acids is 1. The monoisotopic (exact) mass is 438 g/mol. The van der Waals surface area contributed by atoms with Crippen molar-refractivity contribution in [2.45, 2.75) is 45.2 Å². The van der Waals surface area contributed by atoms with Gasteiger partial charge >= 0.3 is 0 Å². The van der Waals surface area contributed by atoms with Gasteiger partial charge in [-0.1, -0.05) is 74.5 Å². The van der Waals surface area contributed by atoms with Gasteiger partial charge in [-0.25, -0.2) is 13.1 Å². The van der Waals surface area contributed by atoms with Crippen molar-refractivity contribution in [2.75, 3.05) is 5.75 Å². The lowest BCUT2D eigenvalue weighted by Crippen LogP contribution is -2.43. The molecule has 3 aliphatic carbocycles. The average Bonchev–Trinajstić information content (AvgIpc) is 3.03. The smallest absolute Gasteiger partial charge is 0.212 e. The van der Waals surface area contributed by atoms with Crippen molar-refractivity contribution >= 4 is 15.8 Å². The number of benzene rings is 2. The van der Waals surface area contributed by atoms with E-state index in [1.54, 1.807) is 0 Å². The normalized spacial score (nSPS) is 32.5. The molecule has 0 radical (unpaired) electrons. The van der Waals surface area contributed by atoms with E-state index in [0.717, 1.165) is 24.0 Å². The number of nitrogens with two attached hydrogens (primary N) is 1. The second-order valence-corrected chi connectivity index (χ2v) is 11.8. The van der Waals surface area contributed by atoms with Gasteiger partial charge in [-0.3, -0.25) is 4.79 Å². The van der Waals surface area contributed by atoms with E-state index < -0.39 is 32.9 Å². The molecular weight excluding hydrogens is 408 g/mol. The van der Waals surface area contributed by atoms with Crippen LogP contribution in [0.2, 0.25) is 0 Å². The third-order valence-electron chi connectivity index (χ3n) is 8.72. The minimum Gasteiger partial charge on any atom is -0.322 e. The van der Waals surface area contributed by atoms with Gasteiger partial charge in [0.05, 0.1) is 17.8 Å². The molecule has 6 heteroatoms. The Kier molecular flexibility index (Phi) is 4.53. The van der Waals surface area contributed by atoms with Crippen LogP contribution in [-0.2, 0) is 14.8 Å². The third-order valence-corrected chi connectivity index (χ3v) is 10.2. The second kappa shape index (κ2) is 6.74. The van der Waals surface area contributed by atoms with Gasteiger partial charge in [-0.05, 0) is 35.3 Å². The van der Waals surface area contributed by atoms with Gasteiger partial charge in [0.1, 0.15) is 5.78 Å². The minimum atomic E-state index is -3.69. The molecule has 2 aromatic rings. The summed E-state index contributed by atoms with van der Waals surface area (Å²) in [5.74, 6) is 0.595. The van der Waals surface area contributed by atoms with Crippen LogP contribution in [0.4, 0.5) is 0 Å². The minimum absolute atomic E-state index is 0.0138. The van der Waals surface area contributed by atoms with Gasteiger partial charge in [0.25, 0.3) is 0 Å². The molecule has 3 aliphatic rings. The number of carbonyl (C=O) groups is 1. The van der Waals surface area contributed by atoms with Crippen LogP contribution in [0.15, 0.2) is 60.7 Å². The summed E-state index contributed by atoms with van der Waals surface area (Å²) in [6, 6.07) is 17.9. The third kappa shape index (κ3) is 2.68. The molecule has 0 saturated heterocycles. The quantitative estimate of drug-likeness (QED) is 0.689. The fourth-order valence-corrected chi connectivity index (χ4v) is 9.43. The fourth-order valence-electron chi connectivity index (χ4n) is 7.30. The molecule has 3 unspecified atom stereocenters. The standard InChI is InChI=1S/C25H30N2O3S/c1-23(2)24(14-13-19-15-20(28)25(19,23)24)16-31(29,30)27-22(18-11-7-4-8-12-18)21(26)17-9-5-3-6-10-17/h3-12,19,21-22,27H,13-16,26H2,1-2H3/t19?,21-,22-,24?,25?/m0/s1. The van der Waals surface area contributed by atoms with E-state index in [1.165, 1.54) is 0 Å². The molecule has 31 heavy (non-hydrogen) atoms. The highest BCUT2D eigenvalue weighted by molar-refractivity contribution is 7.89. The van der Waals surface area contributed by atoms with Gasteiger partial charge in [-0.2, -0.15) is 0 Å². The SMILES string of the molecule is CC1(C)C2(CS(=O)(=O)N[C@@H](c3ccccc3)[C@@H](N)c3ccccc3)CCC3CC(=O)C312. The number of hydrogen-bond donors (Lipinski definition) is 2. The first kappa shape index (κ1) is 20.9. The van der Waals surface area contributed by atoms with Gasteiger partial charge in [0, 0.05) is 17.3 Å². The number of ketones is 1. The Balaban J connectivity index is 1.45. The van der Waals surface area contributed by atoms with Crippen LogP contribution >= 0.6 is 0 Å². The molecule has 0 amide bonds. The van der Waals surface area contributed by atoms with Crippen LogP contribution in [-0.4, -0.2) is 20.0 Å². The van der Waals surface area contributed by atoms with E-state index in [0.29, 0.717) is 12.3 Å². The highest BCUT2D eigenvalue weighted by atomic mass is 32.2. The average molecular weight is 439 g/mol. The van der Waals surface area contributed by atoms with Crippen molar-refractivity contribution in [3.05, 3.63) is 71.8 Å². The topological polar surface area (TPSA) is 89.3 Å². The molecule has 0 bridgehead atoms. The van der Waals surface area contributed by atoms with Crippen LogP contribution in [0.5, 0.6) is 0 Å². The summed E-state index contributed by atoms with van der Waals surface area (Å²) in [5.41, 5.74) is 7.13. The first-order valence-electron chi connectivity index (χ1n) is 11.1. The summed E-state index contributed by atoms with van der Waals surface area (Å²) < 4.78 is 30.0. The molecular formula is C25H30N2O3S. The number of nitrogens with one attached hydrogen (secondary N) is 1. The molecule has 0 aromatic heterocycles. The van der Waals surface area contributed by atoms with Gasteiger partial charge < -0.3 is 5.73 Å². The maximum absolute atomic E-state index is 13.5. The summed E-state index contributed by atoms with van der Waals surface area (Å²) in [5, 5.41) is 0. The van der Waals surface area contributed by atoms with E-state index in [2.05, 4.69) is 18.6 Å². The van der Waals surface area contributed by atoms with Crippen LogP contribution < -0.4 is 10.5 Å². The van der Waals surface area contributed by atoms with Crippen molar-refractivity contribution in [2.24, 2.45) is 27.9 Å². The first-order valence-corrected chi connectivity index (χ1v) is 12.7. The summed E-state index contributed by atoms with van der Waals surface area (Å²) in [4.78, 5) is 12.7. The highest BCUT2D eigenvalue weighted by Crippen LogP contribution is 2.91. The lowest BCUT2D eigenvalue weighted by Gasteiger charge is -2.36. The molecule has 3 saturated carbocycles. The largest absolute Gasteiger partial charge is 0.322 e. The van der Waals surface area contributed by atoms with E-state index in [4.69, 9.17) is 5.73 Å². The van der Waals surface area contributed by atoms with Crippen LogP contribution in [0.1, 0.15) is 56.3 Å². The molecule has 5 rings (SSSR count). The second-order valence-electron chi connectivity index (χ2n) is 10.1. The van der Waals surface area contributed by atoms with Crippen molar-refractivity contribution in [1.29, 1.82) is 0 Å². The number of Topliss-reactive ketones (excluding diaryl/α,β-unsaturated/α-hetero) is 1. The Labute approximate surface area is 184 Å². The van der Waals surface area contributed by atoms with E-state index in [1.807, 2.05) is 60.7 Å². The van der Waals surface area contributed by atoms with Crippen molar-refractivity contribution in [3.63, 3.8) is 0 Å². The zero-order valence-corrected chi connectivity index (χ0v) is 18.9. The first-order chi connectivity index (χ1) is 14.7. The molecule has 0 heterocycles. The zero-order valence-electron chi connectivity index (χ0n) is 18.0. The van der Waals surface area contributed by atoms with E-state index >= 15 is 0 Å². The molecule has 2 aromatic carbocycles. The Hall–Kier alpha value is -2.02. The number of sulfonamides is 1. The van der Waals surface area contributed by atoms with Gasteiger partial charge in [0.2, 0.25) is 10.0 Å². The molecule has 0 aliphatic heterocycles. The maximum atomic E-state index is 13.5. The van der Waals surface area contributed by atoms with Gasteiger partial charge in [-0.15, -0.1) is 0 Å². The Bertz CT molecular complexity index is 1120. The molecule has 1 spiro atoms. The van der Waals surface area contributed by atoms with Crippen LogP contribution in [0.3, 0.4) is 0 Å². The zero-order chi connectivity index (χ0) is 22.1. The van der Waals surface area contributed by atoms with E-state index in [9.17, 15) is 13.2 Å². The predicted molar refractivity (Wildman–Crippen MR) is 120 cm³/mol. The van der Waals surface area contributed by atoms with E-state index in [-0.39, 0.29) is 17.0 Å². The van der Waals surface area contributed by atoms with Gasteiger partial charge in [0.15, 0.2) is 0 Å². The van der Waals surface area contributed by atoms with Crippen molar-refractivity contribution < 1.29 is 13.2 Å². The fraction of sp³-hybridized carbons (Fsp3) is 0.480. The van der Waals surface area contributed by atoms with Crippen molar-refractivity contribution in [1.82, 2.24) is 4.72 Å². The maximum Gasteiger partial charge on any atom is 0.212 e. The molecule has 3 fully saturated rings. The lowest BCUT2D eigenvalue weighted by atomic mass is 9.65. The number of hydrogen-bond acceptors (Lipinski definition) is 4. The Morgan fingerprint density at radius 2 is 1.61 bits per heavy atom. The summed E-state index contributed by atoms with van der Waals surface area (Å²) >= 11 is 0. The Morgan fingerprint density at radius 3 is 2.16 bits per heavy atom. The molecule has 3 N–H and O–H groups in total. The Morgan fingerprint density at radius 1 is 1.03 bits per heavy atom. The number of rotatable bonds is 7. The summed E-state index contributed by atoms with van der Waals surface area (Å²) in [7, 11) is -3.69. The summed E-state index contributed by atoms with van der Waals surface area (Å²) in [6.45, 7) is 4.16. The van der Waals surface area contributed by atoms with Crippen LogP contribution in [0, 0.1) is 22.2 Å². The predicted octanol–water partition coefficient (Wildman–Crippen LogP) is 3.74. The van der Waals surface area contributed by atoms with Crippen molar-refractivity contribution in [3.8, 4) is 0 Å². The lowest BCUT2D eigenvalue weighted by molar-refractivity contribution is -0.138. The highest BCUT2D eigenvalue weighted by Gasteiger charge is 2.92. The molecule has 164 valence electrons. The molecule has 5 atom stereocenters. The summed E-state index contributed by atoms with van der Waals surface area (Å²) in [6.07, 6.45) is 2.37. The van der Waals surface area contributed by atoms with Crippen LogP contribution in [0.25, 0.3) is 0 Å².